The standard InChI is InChI=1S/C22H23N3O4/c1-16-8-5-6-12-19(16)21-23-29-22(27)25(21)15-20(26)24(14-18-11-7-13-28-18)17-9-3-2-4-10-17/h5-9,11-13H,2-4,10,14-15H2,1H3. The number of carbonyl (C=O) groups is 1. The van der Waals surface area contributed by atoms with Gasteiger partial charge in [0.1, 0.15) is 12.3 Å². The van der Waals surface area contributed by atoms with E-state index >= 15 is 0 Å². The van der Waals surface area contributed by atoms with Crippen molar-refractivity contribution >= 4 is 5.91 Å². The average Bonchev–Trinajstić information content (AvgIpc) is 3.38. The molecule has 2 aromatic heterocycles. The van der Waals surface area contributed by atoms with Crippen molar-refractivity contribution in [1.29, 1.82) is 0 Å². The summed E-state index contributed by atoms with van der Waals surface area (Å²) in [5.74, 6) is 0.209. The number of benzene rings is 1. The Bertz CT molecular complexity index is 1080. The van der Waals surface area contributed by atoms with E-state index in [0.29, 0.717) is 18.1 Å². The fourth-order valence-electron chi connectivity index (χ4n) is 3.62. The summed E-state index contributed by atoms with van der Waals surface area (Å²) >= 11 is 0. The van der Waals surface area contributed by atoms with Crippen LogP contribution in [0.4, 0.5) is 0 Å². The molecule has 0 unspecified atom stereocenters. The zero-order valence-corrected chi connectivity index (χ0v) is 16.3. The van der Waals surface area contributed by atoms with Crippen molar-refractivity contribution in [3.63, 3.8) is 0 Å². The predicted molar refractivity (Wildman–Crippen MR) is 107 cm³/mol. The number of rotatable bonds is 6. The van der Waals surface area contributed by atoms with Crippen LogP contribution in [-0.4, -0.2) is 20.5 Å². The molecule has 0 saturated heterocycles. The Morgan fingerprint density at radius 1 is 1.21 bits per heavy atom. The minimum Gasteiger partial charge on any atom is -0.467 e. The van der Waals surface area contributed by atoms with Crippen LogP contribution in [0.3, 0.4) is 0 Å². The summed E-state index contributed by atoms with van der Waals surface area (Å²) in [4.78, 5) is 27.3. The Morgan fingerprint density at radius 3 is 2.79 bits per heavy atom. The van der Waals surface area contributed by atoms with Crippen LogP contribution >= 0.6 is 0 Å². The Balaban J connectivity index is 1.64. The molecule has 7 heteroatoms. The van der Waals surface area contributed by atoms with Crippen LogP contribution in [0.25, 0.3) is 11.4 Å². The molecular formula is C22H23N3O4. The van der Waals surface area contributed by atoms with Crippen LogP contribution in [0.15, 0.2) is 68.2 Å². The van der Waals surface area contributed by atoms with Crippen molar-refractivity contribution < 1.29 is 13.7 Å². The third kappa shape index (κ3) is 4.08. The molecule has 0 aliphatic heterocycles. The summed E-state index contributed by atoms with van der Waals surface area (Å²) in [7, 11) is 0. The minimum atomic E-state index is -0.646. The van der Waals surface area contributed by atoms with Crippen molar-refractivity contribution in [3.05, 3.63) is 76.3 Å². The van der Waals surface area contributed by atoms with Gasteiger partial charge in [0.2, 0.25) is 5.91 Å². The van der Waals surface area contributed by atoms with Gasteiger partial charge >= 0.3 is 5.76 Å². The quantitative estimate of drug-likeness (QED) is 0.635. The maximum Gasteiger partial charge on any atom is 0.442 e. The SMILES string of the molecule is Cc1ccccc1-c1noc(=O)n1CC(=O)N(Cc1ccco1)C1=CCCCC1. The first-order valence-corrected chi connectivity index (χ1v) is 9.78. The van der Waals surface area contributed by atoms with Crippen LogP contribution in [0, 0.1) is 6.92 Å². The number of hydrogen-bond acceptors (Lipinski definition) is 5. The lowest BCUT2D eigenvalue weighted by molar-refractivity contribution is -0.131. The molecule has 0 bridgehead atoms. The number of carbonyl (C=O) groups excluding carboxylic acids is 1. The second kappa shape index (κ2) is 8.34. The molecule has 0 N–H and O–H groups in total. The normalized spacial score (nSPS) is 13.9. The van der Waals surface area contributed by atoms with Gasteiger partial charge in [-0.3, -0.25) is 9.32 Å². The Kier molecular flexibility index (Phi) is 5.46. The maximum absolute atomic E-state index is 13.3. The molecule has 1 amide bonds. The fourth-order valence-corrected chi connectivity index (χ4v) is 3.62. The Labute approximate surface area is 168 Å². The monoisotopic (exact) mass is 393 g/mol. The van der Waals surface area contributed by atoms with E-state index < -0.39 is 5.76 Å². The second-order valence-electron chi connectivity index (χ2n) is 7.17. The smallest absolute Gasteiger partial charge is 0.442 e. The van der Waals surface area contributed by atoms with Crippen LogP contribution in [0.2, 0.25) is 0 Å². The van der Waals surface area contributed by atoms with Gasteiger partial charge in [-0.05, 0) is 50.3 Å². The summed E-state index contributed by atoms with van der Waals surface area (Å²) in [6, 6.07) is 11.2. The highest BCUT2D eigenvalue weighted by atomic mass is 16.5. The van der Waals surface area contributed by atoms with Gasteiger partial charge in [-0.25, -0.2) is 9.36 Å². The first kappa shape index (κ1) is 19.0. The third-order valence-electron chi connectivity index (χ3n) is 5.17. The van der Waals surface area contributed by atoms with E-state index in [9.17, 15) is 9.59 Å². The second-order valence-corrected chi connectivity index (χ2v) is 7.17. The van der Waals surface area contributed by atoms with E-state index in [0.717, 1.165) is 42.5 Å². The summed E-state index contributed by atoms with van der Waals surface area (Å²) < 4.78 is 11.6. The topological polar surface area (TPSA) is 81.5 Å². The Hall–Kier alpha value is -3.35. The van der Waals surface area contributed by atoms with Gasteiger partial charge in [0.25, 0.3) is 0 Å². The van der Waals surface area contributed by atoms with Crippen LogP contribution in [0.5, 0.6) is 0 Å². The van der Waals surface area contributed by atoms with E-state index in [1.807, 2.05) is 37.3 Å². The van der Waals surface area contributed by atoms with Crippen molar-refractivity contribution in [2.75, 3.05) is 0 Å². The third-order valence-corrected chi connectivity index (χ3v) is 5.17. The van der Waals surface area contributed by atoms with Crippen molar-refractivity contribution in [3.8, 4) is 11.4 Å². The first-order chi connectivity index (χ1) is 14.1. The number of nitrogens with zero attached hydrogens (tertiary/aromatic N) is 3. The molecule has 7 nitrogen and oxygen atoms in total. The van der Waals surface area contributed by atoms with Gasteiger partial charge in [-0.1, -0.05) is 35.5 Å². The molecule has 1 aliphatic carbocycles. The van der Waals surface area contributed by atoms with Crippen LogP contribution in [-0.2, 0) is 17.9 Å². The van der Waals surface area contributed by atoms with Crippen molar-refractivity contribution in [2.24, 2.45) is 0 Å². The van der Waals surface area contributed by atoms with Gasteiger partial charge in [0.05, 0.1) is 12.8 Å². The van der Waals surface area contributed by atoms with Crippen molar-refractivity contribution in [1.82, 2.24) is 14.6 Å². The zero-order chi connectivity index (χ0) is 20.2. The minimum absolute atomic E-state index is 0.149. The Morgan fingerprint density at radius 2 is 2.07 bits per heavy atom. The molecule has 0 fully saturated rings. The van der Waals surface area contributed by atoms with Gasteiger partial charge in [0.15, 0.2) is 5.82 Å². The van der Waals surface area contributed by atoms with Gasteiger partial charge in [-0.15, -0.1) is 0 Å². The van der Waals surface area contributed by atoms with Crippen LogP contribution < -0.4 is 5.76 Å². The molecule has 1 aromatic carbocycles. The number of furan rings is 1. The summed E-state index contributed by atoms with van der Waals surface area (Å²) in [5.41, 5.74) is 2.68. The van der Waals surface area contributed by atoms with Gasteiger partial charge in [0, 0.05) is 11.3 Å². The molecule has 29 heavy (non-hydrogen) atoms. The number of amides is 1. The summed E-state index contributed by atoms with van der Waals surface area (Å²) in [5, 5.41) is 3.92. The molecule has 4 rings (SSSR count). The number of aryl methyl sites for hydroxylation is 1. The van der Waals surface area contributed by atoms with E-state index in [1.165, 1.54) is 4.57 Å². The molecule has 0 spiro atoms. The zero-order valence-electron chi connectivity index (χ0n) is 16.3. The number of allylic oxidation sites excluding steroid dienone is 2. The maximum atomic E-state index is 13.3. The van der Waals surface area contributed by atoms with Crippen molar-refractivity contribution in [2.45, 2.75) is 45.7 Å². The van der Waals surface area contributed by atoms with E-state index in [2.05, 4.69) is 11.2 Å². The predicted octanol–water partition coefficient (Wildman–Crippen LogP) is 3.89. The average molecular weight is 393 g/mol. The lowest BCUT2D eigenvalue weighted by atomic mass is 10.0. The van der Waals surface area contributed by atoms with E-state index in [1.54, 1.807) is 17.2 Å². The molecular weight excluding hydrogens is 370 g/mol. The lowest BCUT2D eigenvalue weighted by Crippen LogP contribution is -2.35. The summed E-state index contributed by atoms with van der Waals surface area (Å²) in [6.45, 7) is 2.11. The largest absolute Gasteiger partial charge is 0.467 e. The lowest BCUT2D eigenvalue weighted by Gasteiger charge is -2.27. The van der Waals surface area contributed by atoms with E-state index in [-0.39, 0.29) is 12.5 Å². The molecule has 0 saturated carbocycles. The highest BCUT2D eigenvalue weighted by molar-refractivity contribution is 5.78. The number of aromatic nitrogens is 2. The highest BCUT2D eigenvalue weighted by Gasteiger charge is 2.24. The number of hydrogen-bond donors (Lipinski definition) is 0. The fraction of sp³-hybridized carbons (Fsp3) is 0.318. The molecule has 3 aromatic rings. The molecule has 0 radical (unpaired) electrons. The highest BCUT2D eigenvalue weighted by Crippen LogP contribution is 2.25. The van der Waals surface area contributed by atoms with E-state index in [4.69, 9.17) is 8.94 Å². The van der Waals surface area contributed by atoms with Crippen LogP contribution in [0.1, 0.15) is 37.0 Å². The molecule has 150 valence electrons. The first-order valence-electron chi connectivity index (χ1n) is 9.78. The van der Waals surface area contributed by atoms with Gasteiger partial charge < -0.3 is 9.32 Å². The molecule has 2 heterocycles. The molecule has 0 atom stereocenters. The van der Waals surface area contributed by atoms with Gasteiger partial charge in [-0.2, -0.15) is 0 Å². The molecule has 1 aliphatic rings. The summed E-state index contributed by atoms with van der Waals surface area (Å²) in [6.07, 6.45) is 7.62.